The van der Waals surface area contributed by atoms with Crippen LogP contribution in [0.3, 0.4) is 0 Å². The van der Waals surface area contributed by atoms with Crippen molar-refractivity contribution in [3.8, 4) is 11.4 Å². The number of aryl methyl sites for hydroxylation is 2. The SMILES string of the molecule is Cc1cc2c(Nc3ccc(Cl)cc3C)nc(-c3ccccc3)nc2s1. The molecule has 2 aromatic heterocycles. The summed E-state index contributed by atoms with van der Waals surface area (Å²) in [4.78, 5) is 11.7. The third kappa shape index (κ3) is 3.23. The van der Waals surface area contributed by atoms with Gasteiger partial charge in [-0.2, -0.15) is 0 Å². The summed E-state index contributed by atoms with van der Waals surface area (Å²) >= 11 is 7.75. The third-order valence-electron chi connectivity index (χ3n) is 3.99. The molecule has 4 aromatic rings. The molecular formula is C20H16ClN3S. The maximum Gasteiger partial charge on any atom is 0.163 e. The van der Waals surface area contributed by atoms with Gasteiger partial charge in [0.05, 0.1) is 5.39 Å². The Labute approximate surface area is 155 Å². The van der Waals surface area contributed by atoms with E-state index < -0.39 is 0 Å². The van der Waals surface area contributed by atoms with E-state index in [4.69, 9.17) is 21.6 Å². The fourth-order valence-corrected chi connectivity index (χ4v) is 3.85. The van der Waals surface area contributed by atoms with E-state index in [0.717, 1.165) is 43.7 Å². The average Bonchev–Trinajstić information content (AvgIpc) is 2.98. The van der Waals surface area contributed by atoms with Crippen LogP contribution in [-0.2, 0) is 0 Å². The second-order valence-corrected chi connectivity index (χ2v) is 7.59. The lowest BCUT2D eigenvalue weighted by molar-refractivity contribution is 1.23. The molecule has 4 rings (SSSR count). The van der Waals surface area contributed by atoms with E-state index >= 15 is 0 Å². The van der Waals surface area contributed by atoms with Crippen LogP contribution >= 0.6 is 22.9 Å². The molecule has 0 amide bonds. The fraction of sp³-hybridized carbons (Fsp3) is 0.100. The number of benzene rings is 2. The Morgan fingerprint density at radius 3 is 2.52 bits per heavy atom. The van der Waals surface area contributed by atoms with Gasteiger partial charge in [-0.3, -0.25) is 0 Å². The topological polar surface area (TPSA) is 37.8 Å². The van der Waals surface area contributed by atoms with Gasteiger partial charge in [-0.25, -0.2) is 9.97 Å². The number of nitrogens with zero attached hydrogens (tertiary/aromatic N) is 2. The van der Waals surface area contributed by atoms with Gasteiger partial charge in [-0.15, -0.1) is 11.3 Å². The first kappa shape index (κ1) is 16.1. The maximum atomic E-state index is 6.07. The van der Waals surface area contributed by atoms with Crippen molar-refractivity contribution in [1.82, 2.24) is 9.97 Å². The largest absolute Gasteiger partial charge is 0.339 e. The summed E-state index contributed by atoms with van der Waals surface area (Å²) in [7, 11) is 0. The average molecular weight is 366 g/mol. The Morgan fingerprint density at radius 2 is 1.76 bits per heavy atom. The summed E-state index contributed by atoms with van der Waals surface area (Å²) in [6.07, 6.45) is 0. The zero-order valence-corrected chi connectivity index (χ0v) is 15.4. The molecule has 2 aromatic carbocycles. The van der Waals surface area contributed by atoms with Gasteiger partial charge in [0.1, 0.15) is 10.6 Å². The molecule has 3 nitrogen and oxygen atoms in total. The number of rotatable bonds is 3. The Balaban J connectivity index is 1.86. The summed E-state index contributed by atoms with van der Waals surface area (Å²) in [5, 5.41) is 5.23. The van der Waals surface area contributed by atoms with E-state index in [1.807, 2.05) is 55.5 Å². The van der Waals surface area contributed by atoms with Crippen LogP contribution in [0, 0.1) is 13.8 Å². The van der Waals surface area contributed by atoms with Crippen molar-refractivity contribution in [2.24, 2.45) is 0 Å². The van der Waals surface area contributed by atoms with Crippen LogP contribution in [0.15, 0.2) is 54.6 Å². The van der Waals surface area contributed by atoms with E-state index in [-0.39, 0.29) is 0 Å². The minimum absolute atomic E-state index is 0.726. The highest BCUT2D eigenvalue weighted by Crippen LogP contribution is 2.33. The predicted molar refractivity (Wildman–Crippen MR) is 107 cm³/mol. The molecule has 0 aliphatic rings. The van der Waals surface area contributed by atoms with Crippen molar-refractivity contribution >= 4 is 44.7 Å². The molecule has 1 N–H and O–H groups in total. The second-order valence-electron chi connectivity index (χ2n) is 5.92. The minimum atomic E-state index is 0.726. The summed E-state index contributed by atoms with van der Waals surface area (Å²) in [5.41, 5.74) is 3.08. The zero-order chi connectivity index (χ0) is 17.4. The van der Waals surface area contributed by atoms with Crippen LogP contribution in [0.4, 0.5) is 11.5 Å². The van der Waals surface area contributed by atoms with Crippen molar-refractivity contribution in [1.29, 1.82) is 0 Å². The molecule has 25 heavy (non-hydrogen) atoms. The van der Waals surface area contributed by atoms with Crippen molar-refractivity contribution in [2.75, 3.05) is 5.32 Å². The monoisotopic (exact) mass is 365 g/mol. The van der Waals surface area contributed by atoms with Gasteiger partial charge < -0.3 is 5.32 Å². The molecule has 0 radical (unpaired) electrons. The number of thiophene rings is 1. The van der Waals surface area contributed by atoms with Crippen molar-refractivity contribution < 1.29 is 0 Å². The highest BCUT2D eigenvalue weighted by molar-refractivity contribution is 7.18. The van der Waals surface area contributed by atoms with Crippen molar-refractivity contribution in [3.63, 3.8) is 0 Å². The molecule has 124 valence electrons. The predicted octanol–water partition coefficient (Wildman–Crippen LogP) is 6.37. The molecule has 0 spiro atoms. The van der Waals surface area contributed by atoms with Crippen LogP contribution in [0.5, 0.6) is 0 Å². The molecule has 0 bridgehead atoms. The molecule has 0 fully saturated rings. The molecule has 0 saturated heterocycles. The highest BCUT2D eigenvalue weighted by Gasteiger charge is 2.13. The van der Waals surface area contributed by atoms with Crippen LogP contribution < -0.4 is 5.32 Å². The van der Waals surface area contributed by atoms with Gasteiger partial charge in [0.25, 0.3) is 0 Å². The molecule has 0 saturated carbocycles. The van der Waals surface area contributed by atoms with Crippen LogP contribution in [-0.4, -0.2) is 9.97 Å². The normalized spacial score (nSPS) is 11.0. The van der Waals surface area contributed by atoms with Gasteiger partial charge in [-0.1, -0.05) is 41.9 Å². The standard InChI is InChI=1S/C20H16ClN3S/c1-12-10-15(21)8-9-17(12)22-19-16-11-13(2)25-20(16)24-18(23-19)14-6-4-3-5-7-14/h3-11H,1-2H3,(H,22,23,24). The third-order valence-corrected chi connectivity index (χ3v) is 5.17. The number of anilines is 2. The first-order chi connectivity index (χ1) is 12.1. The van der Waals surface area contributed by atoms with Gasteiger partial charge in [0.15, 0.2) is 5.82 Å². The first-order valence-electron chi connectivity index (χ1n) is 7.97. The quantitative estimate of drug-likeness (QED) is 0.458. The molecule has 5 heteroatoms. The number of aromatic nitrogens is 2. The first-order valence-corrected chi connectivity index (χ1v) is 9.16. The van der Waals surface area contributed by atoms with Gasteiger partial charge in [0, 0.05) is 21.2 Å². The maximum absolute atomic E-state index is 6.07. The molecular weight excluding hydrogens is 350 g/mol. The van der Waals surface area contributed by atoms with Crippen LogP contribution in [0.25, 0.3) is 21.6 Å². The number of halogens is 1. The molecule has 0 aliphatic carbocycles. The van der Waals surface area contributed by atoms with Gasteiger partial charge in [-0.05, 0) is 43.7 Å². The Morgan fingerprint density at radius 1 is 0.960 bits per heavy atom. The number of nitrogens with one attached hydrogen (secondary N) is 1. The molecule has 2 heterocycles. The summed E-state index contributed by atoms with van der Waals surface area (Å²) < 4.78 is 0. The Kier molecular flexibility index (Phi) is 4.15. The van der Waals surface area contributed by atoms with Crippen LogP contribution in [0.2, 0.25) is 5.02 Å². The molecule has 0 unspecified atom stereocenters. The van der Waals surface area contributed by atoms with Gasteiger partial charge >= 0.3 is 0 Å². The van der Waals surface area contributed by atoms with Gasteiger partial charge in [0.2, 0.25) is 0 Å². The number of hydrogen-bond donors (Lipinski definition) is 1. The van der Waals surface area contributed by atoms with Crippen molar-refractivity contribution in [3.05, 3.63) is 70.1 Å². The van der Waals surface area contributed by atoms with Crippen LogP contribution in [0.1, 0.15) is 10.4 Å². The summed E-state index contributed by atoms with van der Waals surface area (Å²) in [6.45, 7) is 4.12. The van der Waals surface area contributed by atoms with E-state index in [1.165, 1.54) is 4.88 Å². The second kappa shape index (κ2) is 6.47. The molecule has 0 atom stereocenters. The Bertz CT molecular complexity index is 1060. The van der Waals surface area contributed by atoms with E-state index in [0.29, 0.717) is 0 Å². The lowest BCUT2D eigenvalue weighted by atomic mass is 10.2. The lowest BCUT2D eigenvalue weighted by Gasteiger charge is -2.11. The van der Waals surface area contributed by atoms with Crippen molar-refractivity contribution in [2.45, 2.75) is 13.8 Å². The minimum Gasteiger partial charge on any atom is -0.339 e. The number of fused-ring (bicyclic) bond motifs is 1. The lowest BCUT2D eigenvalue weighted by Crippen LogP contribution is -1.99. The smallest absolute Gasteiger partial charge is 0.163 e. The Hall–Kier alpha value is -2.43. The zero-order valence-electron chi connectivity index (χ0n) is 13.9. The summed E-state index contributed by atoms with van der Waals surface area (Å²) in [6, 6.07) is 18.0. The highest BCUT2D eigenvalue weighted by atomic mass is 35.5. The number of hydrogen-bond acceptors (Lipinski definition) is 4. The summed E-state index contributed by atoms with van der Waals surface area (Å²) in [5.74, 6) is 1.54. The fourth-order valence-electron chi connectivity index (χ4n) is 2.75. The van der Waals surface area contributed by atoms with E-state index in [1.54, 1.807) is 11.3 Å². The van der Waals surface area contributed by atoms with E-state index in [2.05, 4.69) is 18.3 Å². The molecule has 0 aliphatic heterocycles. The van der Waals surface area contributed by atoms with E-state index in [9.17, 15) is 0 Å².